The van der Waals surface area contributed by atoms with Gasteiger partial charge >= 0.3 is 12.0 Å². The molecule has 0 spiro atoms. The molecular weight excluding hydrogens is 260 g/mol. The monoisotopic (exact) mass is 280 g/mol. The highest BCUT2D eigenvalue weighted by Gasteiger charge is 2.14. The van der Waals surface area contributed by atoms with Crippen LogP contribution in [-0.2, 0) is 4.74 Å². The number of amides is 2. The van der Waals surface area contributed by atoms with Gasteiger partial charge in [-0.15, -0.1) is 0 Å². The summed E-state index contributed by atoms with van der Waals surface area (Å²) in [4.78, 5) is 22.9. The molecule has 3 N–H and O–H groups in total. The van der Waals surface area contributed by atoms with Crippen LogP contribution in [0.3, 0.4) is 0 Å². The zero-order valence-corrected chi connectivity index (χ0v) is 11.7. The van der Waals surface area contributed by atoms with E-state index in [1.807, 2.05) is 6.92 Å². The van der Waals surface area contributed by atoms with Gasteiger partial charge in [-0.1, -0.05) is 25.5 Å². The van der Waals surface area contributed by atoms with E-state index < -0.39 is 12.0 Å². The number of benzene rings is 1. The first-order valence-electron chi connectivity index (χ1n) is 6.47. The molecule has 0 aromatic heterocycles. The van der Waals surface area contributed by atoms with E-state index in [0.717, 1.165) is 12.8 Å². The van der Waals surface area contributed by atoms with Crippen LogP contribution in [0.15, 0.2) is 24.3 Å². The summed E-state index contributed by atoms with van der Waals surface area (Å²) in [6.45, 7) is 2.43. The van der Waals surface area contributed by atoms with E-state index in [4.69, 9.17) is 9.84 Å². The van der Waals surface area contributed by atoms with Crippen LogP contribution in [0.4, 0.5) is 10.5 Å². The molecule has 2 amide bonds. The lowest BCUT2D eigenvalue weighted by Crippen LogP contribution is -2.40. The summed E-state index contributed by atoms with van der Waals surface area (Å²) < 4.78 is 5.03. The van der Waals surface area contributed by atoms with Crippen LogP contribution in [0.5, 0.6) is 0 Å². The number of hydrogen-bond donors (Lipinski definition) is 3. The van der Waals surface area contributed by atoms with E-state index in [1.165, 1.54) is 6.07 Å². The molecule has 6 heteroatoms. The number of para-hydroxylation sites is 1. The van der Waals surface area contributed by atoms with Gasteiger partial charge in [-0.25, -0.2) is 9.59 Å². The second-order valence-corrected chi connectivity index (χ2v) is 4.39. The molecule has 0 aliphatic carbocycles. The predicted molar refractivity (Wildman–Crippen MR) is 76.1 cm³/mol. The summed E-state index contributed by atoms with van der Waals surface area (Å²) in [7, 11) is 1.57. The molecule has 0 bridgehead atoms. The van der Waals surface area contributed by atoms with Gasteiger partial charge < -0.3 is 20.5 Å². The van der Waals surface area contributed by atoms with E-state index >= 15 is 0 Å². The Hall–Kier alpha value is -2.08. The number of hydrogen-bond acceptors (Lipinski definition) is 3. The fourth-order valence-corrected chi connectivity index (χ4v) is 1.87. The van der Waals surface area contributed by atoms with Crippen LogP contribution in [-0.4, -0.2) is 36.9 Å². The fraction of sp³-hybridized carbons (Fsp3) is 0.429. The average Bonchev–Trinajstić information content (AvgIpc) is 2.39. The third-order valence-corrected chi connectivity index (χ3v) is 2.75. The summed E-state index contributed by atoms with van der Waals surface area (Å²) >= 11 is 0. The molecule has 6 nitrogen and oxygen atoms in total. The maximum atomic E-state index is 11.9. The number of ether oxygens (including phenoxy) is 1. The van der Waals surface area contributed by atoms with Crippen molar-refractivity contribution in [2.24, 2.45) is 0 Å². The lowest BCUT2D eigenvalue weighted by molar-refractivity contribution is 0.0698. The van der Waals surface area contributed by atoms with Crippen molar-refractivity contribution in [1.82, 2.24) is 5.32 Å². The van der Waals surface area contributed by atoms with Crippen LogP contribution >= 0.6 is 0 Å². The molecule has 0 heterocycles. The van der Waals surface area contributed by atoms with Crippen molar-refractivity contribution in [1.29, 1.82) is 0 Å². The molecule has 1 rings (SSSR count). The number of anilines is 1. The molecule has 0 aliphatic heterocycles. The molecule has 0 saturated heterocycles. The minimum absolute atomic E-state index is 0.0569. The lowest BCUT2D eigenvalue weighted by Gasteiger charge is -2.18. The number of carbonyl (C=O) groups excluding carboxylic acids is 1. The summed E-state index contributed by atoms with van der Waals surface area (Å²) in [6.07, 6.45) is 1.71. The van der Waals surface area contributed by atoms with Gasteiger partial charge in [0.05, 0.1) is 23.9 Å². The third kappa shape index (κ3) is 4.89. The number of nitrogens with one attached hydrogen (secondary N) is 2. The fourth-order valence-electron chi connectivity index (χ4n) is 1.87. The Morgan fingerprint density at radius 1 is 1.35 bits per heavy atom. The molecule has 0 fully saturated rings. The van der Waals surface area contributed by atoms with Crippen molar-refractivity contribution >= 4 is 17.7 Å². The Morgan fingerprint density at radius 3 is 2.65 bits per heavy atom. The molecule has 1 unspecified atom stereocenters. The molecular formula is C14H20N2O4. The highest BCUT2D eigenvalue weighted by atomic mass is 16.5. The zero-order valence-electron chi connectivity index (χ0n) is 11.7. The number of carbonyl (C=O) groups is 2. The number of carboxylic acid groups (broad SMARTS) is 1. The smallest absolute Gasteiger partial charge is 0.337 e. The first-order valence-corrected chi connectivity index (χ1v) is 6.47. The molecule has 0 saturated carbocycles. The highest BCUT2D eigenvalue weighted by Crippen LogP contribution is 2.14. The molecule has 110 valence electrons. The van der Waals surface area contributed by atoms with Gasteiger partial charge in [-0.05, 0) is 18.6 Å². The van der Waals surface area contributed by atoms with Gasteiger partial charge in [0, 0.05) is 7.11 Å². The minimum atomic E-state index is -1.08. The molecule has 1 aromatic carbocycles. The van der Waals surface area contributed by atoms with E-state index in [2.05, 4.69) is 10.6 Å². The first-order chi connectivity index (χ1) is 9.58. The maximum Gasteiger partial charge on any atom is 0.337 e. The van der Waals surface area contributed by atoms with Gasteiger partial charge in [0.1, 0.15) is 0 Å². The van der Waals surface area contributed by atoms with Crippen LogP contribution in [0.1, 0.15) is 30.1 Å². The van der Waals surface area contributed by atoms with Crippen molar-refractivity contribution in [3.63, 3.8) is 0 Å². The highest BCUT2D eigenvalue weighted by molar-refractivity contribution is 5.99. The van der Waals surface area contributed by atoms with E-state index in [9.17, 15) is 9.59 Å². The second-order valence-electron chi connectivity index (χ2n) is 4.39. The van der Waals surface area contributed by atoms with Gasteiger partial charge in [0.25, 0.3) is 0 Å². The van der Waals surface area contributed by atoms with E-state index in [-0.39, 0.29) is 17.3 Å². The number of carboxylic acids is 1. The number of aromatic carboxylic acids is 1. The Kier molecular flexibility index (Phi) is 6.52. The van der Waals surface area contributed by atoms with Crippen LogP contribution in [0.2, 0.25) is 0 Å². The maximum absolute atomic E-state index is 11.9. The largest absolute Gasteiger partial charge is 0.478 e. The number of methoxy groups -OCH3 is 1. The number of urea groups is 1. The normalized spacial score (nSPS) is 11.7. The SMILES string of the molecule is CCCC(COC)NC(=O)Nc1ccccc1C(=O)O. The summed E-state index contributed by atoms with van der Waals surface area (Å²) in [5.41, 5.74) is 0.326. The van der Waals surface area contributed by atoms with Crippen LogP contribution in [0.25, 0.3) is 0 Å². The van der Waals surface area contributed by atoms with Crippen LogP contribution < -0.4 is 10.6 Å². The zero-order chi connectivity index (χ0) is 15.0. The van der Waals surface area contributed by atoms with Gasteiger partial charge in [-0.3, -0.25) is 0 Å². The topological polar surface area (TPSA) is 87.7 Å². The average molecular weight is 280 g/mol. The quantitative estimate of drug-likeness (QED) is 0.715. The Bertz CT molecular complexity index is 456. The van der Waals surface area contributed by atoms with E-state index in [0.29, 0.717) is 6.61 Å². The van der Waals surface area contributed by atoms with Gasteiger partial charge in [-0.2, -0.15) is 0 Å². The summed E-state index contributed by atoms with van der Waals surface area (Å²) in [5.74, 6) is -1.08. The Morgan fingerprint density at radius 2 is 2.05 bits per heavy atom. The van der Waals surface area contributed by atoms with Gasteiger partial charge in [0.15, 0.2) is 0 Å². The van der Waals surface area contributed by atoms with Crippen LogP contribution in [0, 0.1) is 0 Å². The molecule has 20 heavy (non-hydrogen) atoms. The van der Waals surface area contributed by atoms with Crippen molar-refractivity contribution in [3.05, 3.63) is 29.8 Å². The second kappa shape index (κ2) is 8.16. The lowest BCUT2D eigenvalue weighted by atomic mass is 10.1. The molecule has 0 radical (unpaired) electrons. The predicted octanol–water partition coefficient (Wildman–Crippen LogP) is 2.32. The van der Waals surface area contributed by atoms with Crippen molar-refractivity contribution in [2.75, 3.05) is 19.0 Å². The summed E-state index contributed by atoms with van der Waals surface area (Å²) in [5, 5.41) is 14.4. The van der Waals surface area contributed by atoms with E-state index in [1.54, 1.807) is 25.3 Å². The molecule has 1 aromatic rings. The van der Waals surface area contributed by atoms with Crippen molar-refractivity contribution in [3.8, 4) is 0 Å². The Labute approximate surface area is 118 Å². The molecule has 1 atom stereocenters. The standard InChI is InChI=1S/C14H20N2O4/c1-3-6-10(9-20-2)15-14(19)16-12-8-5-4-7-11(12)13(17)18/h4-5,7-8,10H,3,6,9H2,1-2H3,(H,17,18)(H2,15,16,19). The molecule has 0 aliphatic rings. The third-order valence-electron chi connectivity index (χ3n) is 2.75. The minimum Gasteiger partial charge on any atom is -0.478 e. The van der Waals surface area contributed by atoms with Gasteiger partial charge in [0.2, 0.25) is 0 Å². The summed E-state index contributed by atoms with van der Waals surface area (Å²) in [6, 6.07) is 5.74. The first kappa shape index (κ1) is 16.0. The Balaban J connectivity index is 2.68. The van der Waals surface area contributed by atoms with Crippen molar-refractivity contribution < 1.29 is 19.4 Å². The van der Waals surface area contributed by atoms with Crippen molar-refractivity contribution in [2.45, 2.75) is 25.8 Å². The number of rotatable bonds is 7.